The number of allylic oxidation sites excluding steroid dienone is 2. The fourth-order valence-electron chi connectivity index (χ4n) is 4.48. The van der Waals surface area contributed by atoms with Crippen LogP contribution in [0.3, 0.4) is 0 Å². The van der Waals surface area contributed by atoms with E-state index in [-0.39, 0.29) is 17.1 Å². The number of carbonyl (C=O) groups excluding carboxylic acids is 1. The van der Waals surface area contributed by atoms with Crippen molar-refractivity contribution in [1.82, 2.24) is 10.2 Å². The smallest absolute Gasteiger partial charge is 0.191 e. The van der Waals surface area contributed by atoms with Gasteiger partial charge in [0.25, 0.3) is 0 Å². The highest BCUT2D eigenvalue weighted by Crippen LogP contribution is 2.50. The van der Waals surface area contributed by atoms with Crippen LogP contribution in [0.1, 0.15) is 55.1 Å². The van der Waals surface area contributed by atoms with Gasteiger partial charge in [0.1, 0.15) is 0 Å². The Bertz CT molecular complexity index is 956. The van der Waals surface area contributed by atoms with E-state index in [1.807, 2.05) is 31.2 Å². The molecule has 2 aliphatic rings. The normalized spacial score (nSPS) is 21.5. The van der Waals surface area contributed by atoms with E-state index in [1.165, 1.54) is 5.57 Å². The predicted octanol–water partition coefficient (Wildman–Crippen LogP) is 4.64. The van der Waals surface area contributed by atoms with Gasteiger partial charge in [0.2, 0.25) is 0 Å². The zero-order valence-electron chi connectivity index (χ0n) is 14.8. The molecule has 4 nitrogen and oxygen atoms in total. The van der Waals surface area contributed by atoms with Gasteiger partial charge in [0.15, 0.2) is 11.5 Å². The molecule has 0 spiro atoms. The Hall–Kier alpha value is -2.67. The highest BCUT2D eigenvalue weighted by molar-refractivity contribution is 6.00. The standard InChI is InChI=1S/C21H21N3O/c1-12-18-16(24-23-12)9-13-10-21(2,3)11-17(25)19(13)20(18)14-7-5-6-8-15(14)22-4/h5-8,20H,9-11H2,1-3H3,(H,23,24). The molecule has 25 heavy (non-hydrogen) atoms. The van der Waals surface area contributed by atoms with Crippen molar-refractivity contribution in [3.8, 4) is 0 Å². The van der Waals surface area contributed by atoms with Gasteiger partial charge in [-0.05, 0) is 24.3 Å². The number of ketones is 1. The molecule has 0 amide bonds. The monoisotopic (exact) mass is 331 g/mol. The second-order valence-electron chi connectivity index (χ2n) is 7.95. The summed E-state index contributed by atoms with van der Waals surface area (Å²) in [6.45, 7) is 13.9. The van der Waals surface area contributed by atoms with Gasteiger partial charge in [-0.3, -0.25) is 9.89 Å². The molecule has 1 unspecified atom stereocenters. The fourth-order valence-corrected chi connectivity index (χ4v) is 4.48. The van der Waals surface area contributed by atoms with Crippen LogP contribution in [0.4, 0.5) is 5.69 Å². The number of benzene rings is 1. The average molecular weight is 331 g/mol. The van der Waals surface area contributed by atoms with Gasteiger partial charge in [-0.2, -0.15) is 5.10 Å². The quantitative estimate of drug-likeness (QED) is 0.774. The number of nitrogens with zero attached hydrogens (tertiary/aromatic N) is 2. The molecule has 2 aliphatic carbocycles. The highest BCUT2D eigenvalue weighted by atomic mass is 16.1. The third kappa shape index (κ3) is 2.42. The summed E-state index contributed by atoms with van der Waals surface area (Å²) in [7, 11) is 0. The molecule has 0 radical (unpaired) electrons. The zero-order valence-corrected chi connectivity index (χ0v) is 14.8. The lowest BCUT2D eigenvalue weighted by molar-refractivity contribution is -0.118. The van der Waals surface area contributed by atoms with E-state index in [0.717, 1.165) is 40.9 Å². The molecule has 0 bridgehead atoms. The van der Waals surface area contributed by atoms with Gasteiger partial charge < -0.3 is 0 Å². The Labute approximate surface area is 147 Å². The first-order chi connectivity index (χ1) is 11.9. The molecule has 4 rings (SSSR count). The number of aromatic amines is 1. The van der Waals surface area contributed by atoms with Crippen LogP contribution < -0.4 is 0 Å². The zero-order chi connectivity index (χ0) is 17.8. The number of Topliss-reactive ketones (excluding diaryl/α,β-unsaturated/α-hetero) is 1. The number of hydrogen-bond donors (Lipinski definition) is 1. The molecule has 4 heteroatoms. The first-order valence-electron chi connectivity index (χ1n) is 8.66. The van der Waals surface area contributed by atoms with E-state index >= 15 is 0 Å². The van der Waals surface area contributed by atoms with Gasteiger partial charge in [-0.15, -0.1) is 0 Å². The number of aryl methyl sites for hydroxylation is 1. The maximum Gasteiger partial charge on any atom is 0.191 e. The van der Waals surface area contributed by atoms with E-state index in [9.17, 15) is 4.79 Å². The predicted molar refractivity (Wildman–Crippen MR) is 96.6 cm³/mol. The van der Waals surface area contributed by atoms with Gasteiger partial charge in [0.05, 0.1) is 12.3 Å². The molecule has 126 valence electrons. The molecule has 1 aromatic carbocycles. The maximum atomic E-state index is 13.1. The van der Waals surface area contributed by atoms with E-state index in [0.29, 0.717) is 12.1 Å². The van der Waals surface area contributed by atoms with Crippen molar-refractivity contribution in [3.05, 3.63) is 69.3 Å². The first-order valence-corrected chi connectivity index (χ1v) is 8.66. The topological polar surface area (TPSA) is 50.1 Å². The van der Waals surface area contributed by atoms with Crippen LogP contribution in [-0.4, -0.2) is 16.0 Å². The molecule has 1 heterocycles. The first kappa shape index (κ1) is 15.8. The number of nitrogens with one attached hydrogen (secondary N) is 1. The molecule has 0 fully saturated rings. The second kappa shape index (κ2) is 5.42. The Morgan fingerprint density at radius 1 is 1.28 bits per heavy atom. The molecule has 0 saturated carbocycles. The average Bonchev–Trinajstić information content (AvgIpc) is 2.92. The summed E-state index contributed by atoms with van der Waals surface area (Å²) >= 11 is 0. The van der Waals surface area contributed by atoms with Gasteiger partial charge in [0, 0.05) is 35.6 Å². The molecular formula is C21H21N3O. The largest absolute Gasteiger partial charge is 0.294 e. The van der Waals surface area contributed by atoms with Crippen molar-refractivity contribution in [2.45, 2.75) is 46.0 Å². The minimum absolute atomic E-state index is 0.0113. The third-order valence-electron chi connectivity index (χ3n) is 5.41. The van der Waals surface area contributed by atoms with Crippen LogP contribution in [0, 0.1) is 18.9 Å². The van der Waals surface area contributed by atoms with Crippen molar-refractivity contribution >= 4 is 11.5 Å². The molecule has 0 aliphatic heterocycles. The molecular weight excluding hydrogens is 310 g/mol. The maximum absolute atomic E-state index is 13.1. The second-order valence-corrected chi connectivity index (χ2v) is 7.95. The van der Waals surface area contributed by atoms with Crippen LogP contribution in [0.2, 0.25) is 0 Å². The Morgan fingerprint density at radius 3 is 2.80 bits per heavy atom. The lowest BCUT2D eigenvalue weighted by Crippen LogP contribution is -2.32. The number of aromatic nitrogens is 2. The molecule has 0 saturated heterocycles. The Morgan fingerprint density at radius 2 is 2.04 bits per heavy atom. The van der Waals surface area contributed by atoms with Crippen LogP contribution in [0.25, 0.3) is 4.85 Å². The number of fused-ring (bicyclic) bond motifs is 1. The summed E-state index contributed by atoms with van der Waals surface area (Å²) < 4.78 is 0. The van der Waals surface area contributed by atoms with Gasteiger partial charge >= 0.3 is 0 Å². The van der Waals surface area contributed by atoms with Crippen molar-refractivity contribution in [1.29, 1.82) is 0 Å². The molecule has 1 atom stereocenters. The van der Waals surface area contributed by atoms with Crippen LogP contribution >= 0.6 is 0 Å². The van der Waals surface area contributed by atoms with Crippen molar-refractivity contribution in [3.63, 3.8) is 0 Å². The molecule has 1 N–H and O–H groups in total. The molecule has 2 aromatic rings. The number of carbonyl (C=O) groups is 1. The summed E-state index contributed by atoms with van der Waals surface area (Å²) in [6, 6.07) is 7.65. The van der Waals surface area contributed by atoms with Crippen molar-refractivity contribution in [2.24, 2.45) is 5.41 Å². The summed E-state index contributed by atoms with van der Waals surface area (Å²) in [5, 5.41) is 7.60. The van der Waals surface area contributed by atoms with Gasteiger partial charge in [-0.1, -0.05) is 43.7 Å². The molecule has 1 aromatic heterocycles. The number of H-pyrrole nitrogens is 1. The fraction of sp³-hybridized carbons (Fsp3) is 0.381. The van der Waals surface area contributed by atoms with E-state index < -0.39 is 0 Å². The van der Waals surface area contributed by atoms with Crippen LogP contribution in [-0.2, 0) is 11.2 Å². The number of rotatable bonds is 1. The lowest BCUT2D eigenvalue weighted by Gasteiger charge is -2.38. The Kier molecular flexibility index (Phi) is 3.43. The summed E-state index contributed by atoms with van der Waals surface area (Å²) in [5.41, 5.74) is 6.73. The SMILES string of the molecule is [C-]#[N+]c1ccccc1C1C2=C(Cc3n[nH]c(C)c31)CC(C)(C)CC2=O. The number of para-hydroxylation sites is 1. The third-order valence-corrected chi connectivity index (χ3v) is 5.41. The minimum atomic E-state index is -0.175. The summed E-state index contributed by atoms with van der Waals surface area (Å²) in [5.74, 6) is 0.0497. The highest BCUT2D eigenvalue weighted by Gasteiger charge is 2.42. The van der Waals surface area contributed by atoms with E-state index in [4.69, 9.17) is 6.57 Å². The number of hydrogen-bond acceptors (Lipinski definition) is 2. The van der Waals surface area contributed by atoms with Crippen molar-refractivity contribution < 1.29 is 4.79 Å². The Balaban J connectivity index is 1.99. The van der Waals surface area contributed by atoms with Crippen LogP contribution in [0.15, 0.2) is 35.4 Å². The van der Waals surface area contributed by atoms with E-state index in [1.54, 1.807) is 0 Å². The van der Waals surface area contributed by atoms with Gasteiger partial charge in [-0.25, -0.2) is 4.85 Å². The lowest BCUT2D eigenvalue weighted by atomic mass is 9.65. The van der Waals surface area contributed by atoms with Crippen molar-refractivity contribution in [2.75, 3.05) is 0 Å². The summed E-state index contributed by atoms with van der Waals surface area (Å²) in [4.78, 5) is 16.8. The van der Waals surface area contributed by atoms with E-state index in [2.05, 4.69) is 28.9 Å². The van der Waals surface area contributed by atoms with Crippen LogP contribution in [0.5, 0.6) is 0 Å². The summed E-state index contributed by atoms with van der Waals surface area (Å²) in [6.07, 6.45) is 2.21. The minimum Gasteiger partial charge on any atom is -0.294 e.